The second kappa shape index (κ2) is 4.21. The lowest BCUT2D eigenvalue weighted by molar-refractivity contribution is -0.115. The standard InChI is InChI=1S/C12H13N3O3/c16-11-9(13-12(17)14-11)7-8-3-4-10(18-8)15-5-1-2-6-15/h3-4,7H,1-2,5-6H2,(H2,13,14,16,17)/b9-7+. The molecule has 0 aromatic carbocycles. The second-order valence-corrected chi connectivity index (χ2v) is 4.34. The first-order valence-corrected chi connectivity index (χ1v) is 5.91. The van der Waals surface area contributed by atoms with Gasteiger partial charge in [-0.1, -0.05) is 0 Å². The van der Waals surface area contributed by atoms with Crippen LogP contribution in [0.2, 0.25) is 0 Å². The minimum absolute atomic E-state index is 0.210. The van der Waals surface area contributed by atoms with Gasteiger partial charge in [-0.3, -0.25) is 10.1 Å². The van der Waals surface area contributed by atoms with Gasteiger partial charge in [0.05, 0.1) is 0 Å². The van der Waals surface area contributed by atoms with E-state index < -0.39 is 11.9 Å². The van der Waals surface area contributed by atoms with Crippen LogP contribution in [-0.4, -0.2) is 25.0 Å². The number of furan rings is 1. The van der Waals surface area contributed by atoms with E-state index in [4.69, 9.17) is 4.42 Å². The van der Waals surface area contributed by atoms with Crippen LogP contribution in [0.1, 0.15) is 18.6 Å². The Kier molecular flexibility index (Phi) is 2.55. The molecule has 0 atom stereocenters. The molecule has 0 saturated carbocycles. The third-order valence-electron chi connectivity index (χ3n) is 3.04. The van der Waals surface area contributed by atoms with Crippen LogP contribution in [0.5, 0.6) is 0 Å². The predicted octanol–water partition coefficient (Wildman–Crippen LogP) is 1.06. The van der Waals surface area contributed by atoms with Crippen LogP contribution >= 0.6 is 0 Å². The molecule has 0 bridgehead atoms. The number of urea groups is 1. The van der Waals surface area contributed by atoms with E-state index in [9.17, 15) is 9.59 Å². The van der Waals surface area contributed by atoms with Crippen molar-refractivity contribution in [2.24, 2.45) is 0 Å². The van der Waals surface area contributed by atoms with E-state index in [1.165, 1.54) is 18.9 Å². The first kappa shape index (κ1) is 10.9. The van der Waals surface area contributed by atoms with Crippen molar-refractivity contribution in [3.63, 3.8) is 0 Å². The summed E-state index contributed by atoms with van der Waals surface area (Å²) in [6, 6.07) is 3.17. The summed E-state index contributed by atoms with van der Waals surface area (Å²) in [5, 5.41) is 4.56. The monoisotopic (exact) mass is 247 g/mol. The van der Waals surface area contributed by atoms with Gasteiger partial charge < -0.3 is 14.6 Å². The van der Waals surface area contributed by atoms with Gasteiger partial charge >= 0.3 is 6.03 Å². The molecule has 2 aliphatic rings. The van der Waals surface area contributed by atoms with E-state index in [0.29, 0.717) is 5.76 Å². The molecule has 3 amide bonds. The maximum Gasteiger partial charge on any atom is 0.326 e. The van der Waals surface area contributed by atoms with Gasteiger partial charge in [-0.25, -0.2) is 4.79 Å². The molecule has 1 aromatic heterocycles. The number of carbonyl (C=O) groups is 2. The molecule has 3 rings (SSSR count). The molecule has 0 unspecified atom stereocenters. The minimum atomic E-state index is -0.502. The van der Waals surface area contributed by atoms with Crippen molar-refractivity contribution in [1.82, 2.24) is 10.6 Å². The van der Waals surface area contributed by atoms with Crippen molar-refractivity contribution in [3.05, 3.63) is 23.6 Å². The second-order valence-electron chi connectivity index (χ2n) is 4.34. The van der Waals surface area contributed by atoms with Crippen LogP contribution in [0.15, 0.2) is 22.2 Å². The van der Waals surface area contributed by atoms with Crippen molar-refractivity contribution < 1.29 is 14.0 Å². The average molecular weight is 247 g/mol. The van der Waals surface area contributed by atoms with Crippen LogP contribution in [0, 0.1) is 0 Å². The lowest BCUT2D eigenvalue weighted by Gasteiger charge is -2.12. The smallest absolute Gasteiger partial charge is 0.326 e. The van der Waals surface area contributed by atoms with Gasteiger partial charge in [0.2, 0.25) is 0 Å². The largest absolute Gasteiger partial charge is 0.441 e. The zero-order valence-electron chi connectivity index (χ0n) is 9.73. The molecule has 1 aromatic rings. The third-order valence-corrected chi connectivity index (χ3v) is 3.04. The van der Waals surface area contributed by atoms with E-state index in [-0.39, 0.29) is 5.70 Å². The maximum absolute atomic E-state index is 11.3. The number of hydrogen-bond acceptors (Lipinski definition) is 4. The summed E-state index contributed by atoms with van der Waals surface area (Å²) in [5.41, 5.74) is 0.210. The van der Waals surface area contributed by atoms with Crippen LogP contribution in [-0.2, 0) is 4.79 Å². The fourth-order valence-corrected chi connectivity index (χ4v) is 2.15. The Morgan fingerprint density at radius 3 is 2.61 bits per heavy atom. The zero-order chi connectivity index (χ0) is 12.5. The summed E-state index contributed by atoms with van der Waals surface area (Å²) in [6.07, 6.45) is 3.88. The number of carbonyl (C=O) groups excluding carboxylic acids is 2. The van der Waals surface area contributed by atoms with Gasteiger partial charge in [-0.05, 0) is 18.9 Å². The minimum Gasteiger partial charge on any atom is -0.441 e. The van der Waals surface area contributed by atoms with Crippen LogP contribution < -0.4 is 15.5 Å². The Bertz CT molecular complexity index is 526. The molecule has 2 saturated heterocycles. The highest BCUT2D eigenvalue weighted by atomic mass is 16.4. The van der Waals surface area contributed by atoms with E-state index in [0.717, 1.165) is 19.0 Å². The molecule has 2 aliphatic heterocycles. The highest BCUT2D eigenvalue weighted by Gasteiger charge is 2.23. The van der Waals surface area contributed by atoms with Crippen molar-refractivity contribution in [1.29, 1.82) is 0 Å². The normalized spacial score (nSPS) is 21.6. The highest BCUT2D eigenvalue weighted by Crippen LogP contribution is 2.24. The van der Waals surface area contributed by atoms with E-state index >= 15 is 0 Å². The molecular weight excluding hydrogens is 234 g/mol. The Labute approximate surface area is 104 Å². The summed E-state index contributed by atoms with van der Waals surface area (Å²) in [7, 11) is 0. The van der Waals surface area contributed by atoms with Gasteiger partial charge in [0.1, 0.15) is 11.5 Å². The fourth-order valence-electron chi connectivity index (χ4n) is 2.15. The SMILES string of the molecule is O=C1NC(=O)/C(=C\c2ccc(N3CCCC3)o2)N1. The number of hydrogen-bond donors (Lipinski definition) is 2. The number of anilines is 1. The molecule has 2 N–H and O–H groups in total. The Hall–Kier alpha value is -2.24. The third kappa shape index (κ3) is 1.97. The van der Waals surface area contributed by atoms with E-state index in [1.807, 2.05) is 6.07 Å². The molecule has 0 radical (unpaired) electrons. The predicted molar refractivity (Wildman–Crippen MR) is 64.8 cm³/mol. The van der Waals surface area contributed by atoms with Crippen LogP contribution in [0.25, 0.3) is 6.08 Å². The molecule has 18 heavy (non-hydrogen) atoms. The zero-order valence-corrected chi connectivity index (χ0v) is 9.73. The number of amides is 3. The summed E-state index contributed by atoms with van der Waals surface area (Å²) in [6.45, 7) is 2.00. The van der Waals surface area contributed by atoms with Crippen molar-refractivity contribution in [2.75, 3.05) is 18.0 Å². The van der Waals surface area contributed by atoms with Gasteiger partial charge in [0.15, 0.2) is 5.88 Å². The molecule has 3 heterocycles. The first-order valence-electron chi connectivity index (χ1n) is 5.91. The average Bonchev–Trinajstić information content (AvgIpc) is 3.02. The topological polar surface area (TPSA) is 74.6 Å². The molecule has 6 nitrogen and oxygen atoms in total. The molecule has 0 aliphatic carbocycles. The summed E-state index contributed by atoms with van der Waals surface area (Å²) in [4.78, 5) is 24.4. The maximum atomic E-state index is 11.3. The lowest BCUT2D eigenvalue weighted by atomic mass is 10.3. The van der Waals surface area contributed by atoms with Gasteiger partial charge in [-0.2, -0.15) is 0 Å². The molecule has 2 fully saturated rings. The fraction of sp³-hybridized carbons (Fsp3) is 0.333. The summed E-state index contributed by atoms with van der Waals surface area (Å²) in [5.74, 6) is 0.937. The lowest BCUT2D eigenvalue weighted by Crippen LogP contribution is -2.22. The summed E-state index contributed by atoms with van der Waals surface area (Å²) >= 11 is 0. The Morgan fingerprint density at radius 1 is 1.17 bits per heavy atom. The van der Waals surface area contributed by atoms with E-state index in [2.05, 4.69) is 15.5 Å². The van der Waals surface area contributed by atoms with Crippen LogP contribution in [0.3, 0.4) is 0 Å². The van der Waals surface area contributed by atoms with Crippen molar-refractivity contribution in [2.45, 2.75) is 12.8 Å². The van der Waals surface area contributed by atoms with E-state index in [1.54, 1.807) is 6.07 Å². The molecule has 0 spiro atoms. The first-order chi connectivity index (χ1) is 8.72. The van der Waals surface area contributed by atoms with Crippen molar-refractivity contribution >= 4 is 23.9 Å². The summed E-state index contributed by atoms with van der Waals surface area (Å²) < 4.78 is 5.63. The molecule has 6 heteroatoms. The Morgan fingerprint density at radius 2 is 1.94 bits per heavy atom. The van der Waals surface area contributed by atoms with Gasteiger partial charge in [0, 0.05) is 25.2 Å². The molecule has 94 valence electrons. The quantitative estimate of drug-likeness (QED) is 0.605. The number of rotatable bonds is 2. The van der Waals surface area contributed by atoms with Gasteiger partial charge in [0.25, 0.3) is 5.91 Å². The molecular formula is C12H13N3O3. The Balaban J connectivity index is 1.79. The number of imide groups is 1. The number of nitrogens with zero attached hydrogens (tertiary/aromatic N) is 1. The van der Waals surface area contributed by atoms with Crippen LogP contribution in [0.4, 0.5) is 10.7 Å². The van der Waals surface area contributed by atoms with Crippen molar-refractivity contribution in [3.8, 4) is 0 Å². The highest BCUT2D eigenvalue weighted by molar-refractivity contribution is 6.13. The number of nitrogens with one attached hydrogen (secondary N) is 2. The van der Waals surface area contributed by atoms with Gasteiger partial charge in [-0.15, -0.1) is 0 Å².